The first-order valence-corrected chi connectivity index (χ1v) is 6.84. The summed E-state index contributed by atoms with van der Waals surface area (Å²) in [4.78, 5) is 22.7. The van der Waals surface area contributed by atoms with E-state index in [1.54, 1.807) is 32.5 Å². The predicted octanol–water partition coefficient (Wildman–Crippen LogP) is 1.29. The van der Waals surface area contributed by atoms with Crippen LogP contribution in [-0.2, 0) is 4.79 Å². The van der Waals surface area contributed by atoms with Crippen LogP contribution in [0.25, 0.3) is 0 Å². The molecule has 2 atom stereocenters. The molecular weight excluding hydrogens is 240 g/mol. The SMILES string of the molecule is CC(C)(C)[C@@H](NC(=O)NC1CCSC1)C(=O)O. The normalized spacial score (nSPS) is 21.9. The van der Waals surface area contributed by atoms with Crippen LogP contribution in [0.1, 0.15) is 27.2 Å². The van der Waals surface area contributed by atoms with Gasteiger partial charge in [-0.3, -0.25) is 0 Å². The molecule has 0 bridgehead atoms. The highest BCUT2D eigenvalue weighted by molar-refractivity contribution is 7.99. The second-order valence-corrected chi connectivity index (χ2v) is 6.47. The molecule has 2 amide bonds. The van der Waals surface area contributed by atoms with Crippen molar-refractivity contribution in [2.75, 3.05) is 11.5 Å². The summed E-state index contributed by atoms with van der Waals surface area (Å²) in [6.45, 7) is 5.37. The lowest BCUT2D eigenvalue weighted by molar-refractivity contribution is -0.141. The van der Waals surface area contributed by atoms with Crippen LogP contribution in [0.4, 0.5) is 4.79 Å². The monoisotopic (exact) mass is 260 g/mol. The smallest absolute Gasteiger partial charge is 0.326 e. The van der Waals surface area contributed by atoms with Gasteiger partial charge in [-0.1, -0.05) is 20.8 Å². The summed E-state index contributed by atoms with van der Waals surface area (Å²) in [5, 5.41) is 14.4. The van der Waals surface area contributed by atoms with E-state index in [0.29, 0.717) is 0 Å². The summed E-state index contributed by atoms with van der Waals surface area (Å²) >= 11 is 1.80. The first-order valence-electron chi connectivity index (χ1n) is 5.68. The van der Waals surface area contributed by atoms with E-state index in [9.17, 15) is 9.59 Å². The molecule has 98 valence electrons. The molecule has 17 heavy (non-hydrogen) atoms. The van der Waals surface area contributed by atoms with Crippen molar-refractivity contribution in [2.45, 2.75) is 39.3 Å². The highest BCUT2D eigenvalue weighted by Gasteiger charge is 2.33. The van der Waals surface area contributed by atoms with Gasteiger partial charge in [-0.05, 0) is 17.6 Å². The van der Waals surface area contributed by atoms with Gasteiger partial charge in [-0.25, -0.2) is 9.59 Å². The van der Waals surface area contributed by atoms with E-state index in [2.05, 4.69) is 10.6 Å². The van der Waals surface area contributed by atoms with Crippen LogP contribution in [0.15, 0.2) is 0 Å². The first kappa shape index (κ1) is 14.2. The van der Waals surface area contributed by atoms with Crippen molar-refractivity contribution in [3.05, 3.63) is 0 Å². The Labute approximate surface area is 106 Å². The number of hydrogen-bond donors (Lipinski definition) is 3. The van der Waals surface area contributed by atoms with Gasteiger partial charge < -0.3 is 15.7 Å². The number of urea groups is 1. The number of thioether (sulfide) groups is 1. The summed E-state index contributed by atoms with van der Waals surface area (Å²) in [5.74, 6) is 0.946. The van der Waals surface area contributed by atoms with Gasteiger partial charge in [0.05, 0.1) is 0 Å². The zero-order valence-corrected chi connectivity index (χ0v) is 11.3. The van der Waals surface area contributed by atoms with E-state index in [4.69, 9.17) is 5.11 Å². The van der Waals surface area contributed by atoms with Crippen LogP contribution in [0, 0.1) is 5.41 Å². The van der Waals surface area contributed by atoms with E-state index in [1.165, 1.54) is 0 Å². The zero-order valence-electron chi connectivity index (χ0n) is 10.4. The maximum absolute atomic E-state index is 11.7. The van der Waals surface area contributed by atoms with Crippen molar-refractivity contribution in [3.63, 3.8) is 0 Å². The third kappa shape index (κ3) is 4.46. The van der Waals surface area contributed by atoms with Crippen molar-refractivity contribution < 1.29 is 14.7 Å². The fourth-order valence-electron chi connectivity index (χ4n) is 1.66. The van der Waals surface area contributed by atoms with E-state index in [1.807, 2.05) is 0 Å². The fourth-order valence-corrected chi connectivity index (χ4v) is 2.81. The average Bonchev–Trinajstić information content (AvgIpc) is 2.64. The lowest BCUT2D eigenvalue weighted by Crippen LogP contribution is -2.54. The van der Waals surface area contributed by atoms with Crippen molar-refractivity contribution in [1.82, 2.24) is 10.6 Å². The highest BCUT2D eigenvalue weighted by atomic mass is 32.2. The molecule has 1 rings (SSSR count). The van der Waals surface area contributed by atoms with Gasteiger partial charge in [-0.2, -0.15) is 11.8 Å². The van der Waals surface area contributed by atoms with Crippen molar-refractivity contribution >= 4 is 23.8 Å². The zero-order chi connectivity index (χ0) is 13.1. The quantitative estimate of drug-likeness (QED) is 0.714. The van der Waals surface area contributed by atoms with Crippen LogP contribution in [0.2, 0.25) is 0 Å². The summed E-state index contributed by atoms with van der Waals surface area (Å²) in [5.41, 5.74) is -0.506. The van der Waals surface area contributed by atoms with Crippen LogP contribution in [0.5, 0.6) is 0 Å². The lowest BCUT2D eigenvalue weighted by atomic mass is 9.87. The minimum absolute atomic E-state index is 0.161. The number of carboxylic acid groups (broad SMARTS) is 1. The van der Waals surface area contributed by atoms with Gasteiger partial charge in [0.25, 0.3) is 0 Å². The van der Waals surface area contributed by atoms with Crippen molar-refractivity contribution in [3.8, 4) is 0 Å². The lowest BCUT2D eigenvalue weighted by Gasteiger charge is -2.28. The molecule has 0 aromatic heterocycles. The molecule has 1 saturated heterocycles. The molecule has 1 fully saturated rings. The summed E-state index contributed by atoms with van der Waals surface area (Å²) in [7, 11) is 0. The standard InChI is InChI=1S/C11H20N2O3S/c1-11(2,3)8(9(14)15)13-10(16)12-7-4-5-17-6-7/h7-8H,4-6H2,1-3H3,(H,14,15)(H2,12,13,16)/t7?,8-/m0/s1. The Hall–Kier alpha value is -0.910. The molecule has 6 heteroatoms. The average molecular weight is 260 g/mol. The molecule has 0 spiro atoms. The maximum atomic E-state index is 11.7. The summed E-state index contributed by atoms with van der Waals surface area (Å²) < 4.78 is 0. The van der Waals surface area contributed by atoms with E-state index >= 15 is 0 Å². The largest absolute Gasteiger partial charge is 0.480 e. The Morgan fingerprint density at radius 1 is 1.41 bits per heavy atom. The van der Waals surface area contributed by atoms with Crippen LogP contribution < -0.4 is 10.6 Å². The number of carbonyl (C=O) groups is 2. The second-order valence-electron chi connectivity index (χ2n) is 5.32. The Kier molecular flexibility index (Phi) is 4.68. The number of aliphatic carboxylic acids is 1. The highest BCUT2D eigenvalue weighted by Crippen LogP contribution is 2.20. The maximum Gasteiger partial charge on any atom is 0.326 e. The molecule has 5 nitrogen and oxygen atoms in total. The predicted molar refractivity (Wildman–Crippen MR) is 68.3 cm³/mol. The van der Waals surface area contributed by atoms with Gasteiger partial charge >= 0.3 is 12.0 Å². The van der Waals surface area contributed by atoms with Gasteiger partial charge in [-0.15, -0.1) is 0 Å². The third-order valence-corrected chi connectivity index (χ3v) is 3.82. The topological polar surface area (TPSA) is 78.4 Å². The molecule has 0 aliphatic carbocycles. The molecule has 0 aromatic carbocycles. The molecule has 1 unspecified atom stereocenters. The molecule has 1 aliphatic rings. The molecule has 0 saturated carbocycles. The van der Waals surface area contributed by atoms with E-state index < -0.39 is 17.4 Å². The second kappa shape index (κ2) is 5.62. The third-order valence-electron chi connectivity index (χ3n) is 2.65. The molecule has 3 N–H and O–H groups in total. The Balaban J connectivity index is 2.49. The molecule has 1 heterocycles. The van der Waals surface area contributed by atoms with E-state index in [0.717, 1.165) is 17.9 Å². The number of hydrogen-bond acceptors (Lipinski definition) is 3. The molecule has 0 aromatic rings. The minimum atomic E-state index is -1.01. The van der Waals surface area contributed by atoms with Gasteiger partial charge in [0, 0.05) is 11.8 Å². The van der Waals surface area contributed by atoms with E-state index in [-0.39, 0.29) is 12.1 Å². The fraction of sp³-hybridized carbons (Fsp3) is 0.818. The van der Waals surface area contributed by atoms with Crippen LogP contribution in [-0.4, -0.2) is 40.7 Å². The van der Waals surface area contributed by atoms with Gasteiger partial charge in [0.1, 0.15) is 6.04 Å². The number of carbonyl (C=O) groups excluding carboxylic acids is 1. The molecule has 1 aliphatic heterocycles. The summed E-state index contributed by atoms with van der Waals surface area (Å²) in [6, 6.07) is -1.11. The number of carboxylic acids is 1. The molecular formula is C11H20N2O3S. The van der Waals surface area contributed by atoms with Crippen LogP contribution in [0.3, 0.4) is 0 Å². The van der Waals surface area contributed by atoms with Crippen molar-refractivity contribution in [1.29, 1.82) is 0 Å². The minimum Gasteiger partial charge on any atom is -0.480 e. The van der Waals surface area contributed by atoms with Crippen molar-refractivity contribution in [2.24, 2.45) is 5.41 Å². The number of nitrogens with one attached hydrogen (secondary N) is 2. The summed E-state index contributed by atoms with van der Waals surface area (Å²) in [6.07, 6.45) is 0.950. The number of amides is 2. The van der Waals surface area contributed by atoms with Crippen LogP contribution >= 0.6 is 11.8 Å². The Bertz CT molecular complexity index is 296. The Morgan fingerprint density at radius 2 is 2.06 bits per heavy atom. The first-order chi connectivity index (χ1) is 7.80. The number of rotatable bonds is 3. The molecule has 0 radical (unpaired) electrons. The van der Waals surface area contributed by atoms with Gasteiger partial charge in [0.2, 0.25) is 0 Å². The van der Waals surface area contributed by atoms with Gasteiger partial charge in [0.15, 0.2) is 0 Å². The Morgan fingerprint density at radius 3 is 2.47 bits per heavy atom.